The number of carbonyl (C=O) groups is 1. The molecule has 0 saturated carbocycles. The van der Waals surface area contributed by atoms with Crippen molar-refractivity contribution in [1.82, 2.24) is 10.6 Å². The maximum Gasteiger partial charge on any atom is 0.408 e. The van der Waals surface area contributed by atoms with Gasteiger partial charge in [0.15, 0.2) is 0 Å². The normalized spacial score (nSPS) is 27.6. The Labute approximate surface area is 90.0 Å². The zero-order valence-corrected chi connectivity index (χ0v) is 8.54. The second-order valence-corrected chi connectivity index (χ2v) is 3.58. The zero-order chi connectivity index (χ0) is 12.3. The standard InChI is InChI=1S/C8H13F3N2O3/c1-4(8(9,10)11)13-7(15)16-6-3-12-2-5(6)14/h4-6,12,14H,2-3H2,1H3,(H,13,15)/t4?,5-,6-/m1/s1. The highest BCUT2D eigenvalue weighted by molar-refractivity contribution is 5.68. The summed E-state index contributed by atoms with van der Waals surface area (Å²) in [6, 6.07) is -1.98. The van der Waals surface area contributed by atoms with Gasteiger partial charge in [0.05, 0.1) is 0 Å². The Bertz CT molecular complexity index is 253. The Morgan fingerprint density at radius 3 is 2.62 bits per heavy atom. The zero-order valence-electron chi connectivity index (χ0n) is 8.54. The van der Waals surface area contributed by atoms with E-state index in [1.54, 1.807) is 5.32 Å². The molecule has 1 aliphatic rings. The largest absolute Gasteiger partial charge is 0.442 e. The van der Waals surface area contributed by atoms with Crippen molar-refractivity contribution in [2.75, 3.05) is 13.1 Å². The van der Waals surface area contributed by atoms with Crippen LogP contribution >= 0.6 is 0 Å². The third-order valence-electron chi connectivity index (χ3n) is 2.21. The SMILES string of the molecule is CC(NC(=O)O[C@@H]1CNC[C@H]1O)C(F)(F)F. The molecule has 0 aromatic carbocycles. The molecule has 0 radical (unpaired) electrons. The van der Waals surface area contributed by atoms with Gasteiger partial charge >= 0.3 is 12.3 Å². The van der Waals surface area contributed by atoms with Crippen LogP contribution in [0, 0.1) is 0 Å². The highest BCUT2D eigenvalue weighted by atomic mass is 19.4. The molecule has 0 spiro atoms. The lowest BCUT2D eigenvalue weighted by Gasteiger charge is -2.19. The van der Waals surface area contributed by atoms with Crippen LogP contribution in [0.2, 0.25) is 0 Å². The van der Waals surface area contributed by atoms with Crippen LogP contribution in [0.3, 0.4) is 0 Å². The van der Waals surface area contributed by atoms with Gasteiger partial charge in [-0.3, -0.25) is 0 Å². The van der Waals surface area contributed by atoms with Gasteiger partial charge in [-0.15, -0.1) is 0 Å². The molecule has 1 rings (SSSR count). The van der Waals surface area contributed by atoms with Crippen molar-refractivity contribution in [3.63, 3.8) is 0 Å². The number of hydrogen-bond donors (Lipinski definition) is 3. The van der Waals surface area contributed by atoms with Crippen LogP contribution < -0.4 is 10.6 Å². The summed E-state index contributed by atoms with van der Waals surface area (Å²) in [7, 11) is 0. The number of aliphatic hydroxyl groups is 1. The third kappa shape index (κ3) is 3.53. The predicted molar refractivity (Wildman–Crippen MR) is 47.8 cm³/mol. The van der Waals surface area contributed by atoms with E-state index in [0.29, 0.717) is 0 Å². The van der Waals surface area contributed by atoms with Crippen LogP contribution in [0.1, 0.15) is 6.92 Å². The van der Waals surface area contributed by atoms with Crippen molar-refractivity contribution in [3.05, 3.63) is 0 Å². The minimum Gasteiger partial charge on any atom is -0.442 e. The van der Waals surface area contributed by atoms with Gasteiger partial charge in [0.2, 0.25) is 0 Å². The molecule has 1 unspecified atom stereocenters. The van der Waals surface area contributed by atoms with Crippen LogP contribution in [-0.4, -0.2) is 48.7 Å². The quantitative estimate of drug-likeness (QED) is 0.637. The molecule has 8 heteroatoms. The van der Waals surface area contributed by atoms with E-state index in [1.807, 2.05) is 0 Å². The highest BCUT2D eigenvalue weighted by Gasteiger charge is 2.38. The summed E-state index contributed by atoms with van der Waals surface area (Å²) >= 11 is 0. The fraction of sp³-hybridized carbons (Fsp3) is 0.875. The molecular weight excluding hydrogens is 229 g/mol. The van der Waals surface area contributed by atoms with Gasteiger partial charge in [0.1, 0.15) is 18.2 Å². The minimum atomic E-state index is -4.51. The van der Waals surface area contributed by atoms with E-state index in [9.17, 15) is 23.1 Å². The molecule has 5 nitrogen and oxygen atoms in total. The lowest BCUT2D eigenvalue weighted by atomic mass is 10.3. The van der Waals surface area contributed by atoms with Gasteiger partial charge in [-0.25, -0.2) is 4.79 Å². The summed E-state index contributed by atoms with van der Waals surface area (Å²) in [6.45, 7) is 1.30. The Balaban J connectivity index is 2.36. The minimum absolute atomic E-state index is 0.231. The summed E-state index contributed by atoms with van der Waals surface area (Å²) in [5, 5.41) is 13.6. The van der Waals surface area contributed by atoms with Crippen molar-refractivity contribution in [1.29, 1.82) is 0 Å². The summed E-state index contributed by atoms with van der Waals surface area (Å²) < 4.78 is 40.8. The average molecular weight is 242 g/mol. The van der Waals surface area contributed by atoms with E-state index in [2.05, 4.69) is 10.1 Å². The molecule has 0 aromatic rings. The molecule has 0 aliphatic carbocycles. The predicted octanol–water partition coefficient (Wildman–Crippen LogP) is -0.00390. The smallest absolute Gasteiger partial charge is 0.408 e. The molecule has 1 aliphatic heterocycles. The topological polar surface area (TPSA) is 70.6 Å². The molecule has 16 heavy (non-hydrogen) atoms. The molecule has 3 N–H and O–H groups in total. The lowest BCUT2D eigenvalue weighted by Crippen LogP contribution is -2.45. The third-order valence-corrected chi connectivity index (χ3v) is 2.21. The Morgan fingerprint density at radius 2 is 2.19 bits per heavy atom. The summed E-state index contributed by atoms with van der Waals surface area (Å²) in [5.74, 6) is 0. The van der Waals surface area contributed by atoms with Crippen LogP contribution in [0.4, 0.5) is 18.0 Å². The molecular formula is C8H13F3N2O3. The molecule has 3 atom stereocenters. The number of carbonyl (C=O) groups excluding carboxylic acids is 1. The Morgan fingerprint density at radius 1 is 1.56 bits per heavy atom. The van der Waals surface area contributed by atoms with Crippen LogP contribution in [0.15, 0.2) is 0 Å². The molecule has 1 amide bonds. The van der Waals surface area contributed by atoms with Gasteiger partial charge in [-0.05, 0) is 6.92 Å². The maximum atomic E-state index is 12.1. The summed E-state index contributed by atoms with van der Waals surface area (Å²) in [5.41, 5.74) is 0. The van der Waals surface area contributed by atoms with Crippen molar-refractivity contribution in [2.45, 2.75) is 31.3 Å². The first kappa shape index (κ1) is 13.0. The Kier molecular flexibility index (Phi) is 3.98. The van der Waals surface area contributed by atoms with E-state index < -0.39 is 30.5 Å². The van der Waals surface area contributed by atoms with E-state index in [1.165, 1.54) is 0 Å². The van der Waals surface area contributed by atoms with Crippen molar-refractivity contribution < 1.29 is 27.8 Å². The van der Waals surface area contributed by atoms with Gasteiger partial charge < -0.3 is 20.5 Å². The number of β-amino-alcohol motifs (C(OH)–C–C–N with tert-alkyl or cyclic N) is 1. The van der Waals surface area contributed by atoms with Crippen LogP contribution in [0.25, 0.3) is 0 Å². The number of ether oxygens (including phenoxy) is 1. The summed E-state index contributed by atoms with van der Waals surface area (Å²) in [6.07, 6.45) is -7.38. The van der Waals surface area contributed by atoms with Gasteiger partial charge in [-0.1, -0.05) is 0 Å². The molecule has 0 bridgehead atoms. The molecule has 94 valence electrons. The number of rotatable bonds is 2. The van der Waals surface area contributed by atoms with Crippen LogP contribution in [0.5, 0.6) is 0 Å². The van der Waals surface area contributed by atoms with E-state index in [-0.39, 0.29) is 13.1 Å². The molecule has 0 aromatic heterocycles. The second-order valence-electron chi connectivity index (χ2n) is 3.58. The number of nitrogens with one attached hydrogen (secondary N) is 2. The molecule has 1 saturated heterocycles. The van der Waals surface area contributed by atoms with Gasteiger partial charge in [0.25, 0.3) is 0 Å². The average Bonchev–Trinajstić information content (AvgIpc) is 2.50. The van der Waals surface area contributed by atoms with Crippen molar-refractivity contribution in [2.24, 2.45) is 0 Å². The first-order chi connectivity index (χ1) is 7.30. The fourth-order valence-electron chi connectivity index (χ4n) is 1.19. The number of halogens is 3. The van der Waals surface area contributed by atoms with Crippen LogP contribution in [-0.2, 0) is 4.74 Å². The second kappa shape index (κ2) is 4.88. The number of alkyl carbamates (subject to hydrolysis) is 1. The number of hydrogen-bond acceptors (Lipinski definition) is 4. The van der Waals surface area contributed by atoms with E-state index in [4.69, 9.17) is 0 Å². The highest BCUT2D eigenvalue weighted by Crippen LogP contribution is 2.19. The van der Waals surface area contributed by atoms with Gasteiger partial charge in [-0.2, -0.15) is 13.2 Å². The monoisotopic (exact) mass is 242 g/mol. The maximum absolute atomic E-state index is 12.1. The number of alkyl halides is 3. The molecule has 1 fully saturated rings. The number of aliphatic hydroxyl groups excluding tert-OH is 1. The molecule has 1 heterocycles. The van der Waals surface area contributed by atoms with E-state index in [0.717, 1.165) is 6.92 Å². The van der Waals surface area contributed by atoms with E-state index >= 15 is 0 Å². The van der Waals surface area contributed by atoms with Gasteiger partial charge in [0, 0.05) is 13.1 Å². The first-order valence-corrected chi connectivity index (χ1v) is 4.73. The Hall–Kier alpha value is -1.02. The number of amides is 1. The fourth-order valence-corrected chi connectivity index (χ4v) is 1.19. The first-order valence-electron chi connectivity index (χ1n) is 4.73. The lowest BCUT2D eigenvalue weighted by molar-refractivity contribution is -0.150. The summed E-state index contributed by atoms with van der Waals surface area (Å²) in [4.78, 5) is 11.0. The van der Waals surface area contributed by atoms with Crippen molar-refractivity contribution in [3.8, 4) is 0 Å². The van der Waals surface area contributed by atoms with Crippen molar-refractivity contribution >= 4 is 6.09 Å².